The van der Waals surface area contributed by atoms with Crippen LogP contribution in [0.5, 0.6) is 0 Å². The van der Waals surface area contributed by atoms with Crippen LogP contribution < -0.4 is 5.73 Å². The highest BCUT2D eigenvalue weighted by Gasteiger charge is 2.06. The van der Waals surface area contributed by atoms with Crippen LogP contribution >= 0.6 is 0 Å². The van der Waals surface area contributed by atoms with Crippen molar-refractivity contribution in [3.63, 3.8) is 0 Å². The molecule has 0 fully saturated rings. The van der Waals surface area contributed by atoms with Gasteiger partial charge in [0.15, 0.2) is 0 Å². The number of hydrogen-bond donors (Lipinski definition) is 1. The molecule has 0 unspecified atom stereocenters. The number of nitrogen functional groups attached to an aromatic ring is 1. The summed E-state index contributed by atoms with van der Waals surface area (Å²) in [4.78, 5) is 0. The van der Waals surface area contributed by atoms with Crippen LogP contribution in [0.1, 0.15) is 43.4 Å². The molecule has 0 saturated carbocycles. The van der Waals surface area contributed by atoms with Gasteiger partial charge in [0.1, 0.15) is 0 Å². The van der Waals surface area contributed by atoms with Gasteiger partial charge in [-0.05, 0) is 42.5 Å². The summed E-state index contributed by atoms with van der Waals surface area (Å²) in [6.45, 7) is 6.58. The van der Waals surface area contributed by atoms with E-state index in [9.17, 15) is 0 Å². The molecule has 14 heavy (non-hydrogen) atoms. The number of hydrogen-bond acceptors (Lipinski definition) is 1. The lowest BCUT2D eigenvalue weighted by atomic mass is 9.94. The Bertz CT molecular complexity index is 302. The summed E-state index contributed by atoms with van der Waals surface area (Å²) < 4.78 is 0. The molecule has 0 heterocycles. The molecule has 0 saturated heterocycles. The minimum Gasteiger partial charge on any atom is -0.399 e. The zero-order valence-corrected chi connectivity index (χ0v) is 9.56. The maximum atomic E-state index is 5.92. The maximum Gasteiger partial charge on any atom is 0.0346 e. The van der Waals surface area contributed by atoms with Gasteiger partial charge in [-0.1, -0.05) is 32.8 Å². The van der Waals surface area contributed by atoms with Crippen molar-refractivity contribution in [3.05, 3.63) is 28.8 Å². The SMILES string of the molecule is CCCc1ccc(N)c(C)c1CCC. The molecule has 1 nitrogen and oxygen atoms in total. The van der Waals surface area contributed by atoms with Gasteiger partial charge in [-0.25, -0.2) is 0 Å². The molecule has 0 atom stereocenters. The molecule has 78 valence electrons. The largest absolute Gasteiger partial charge is 0.399 e. The number of aryl methyl sites for hydroxylation is 1. The first kappa shape index (κ1) is 11.1. The van der Waals surface area contributed by atoms with E-state index in [1.54, 1.807) is 0 Å². The number of benzene rings is 1. The minimum atomic E-state index is 0.938. The van der Waals surface area contributed by atoms with E-state index in [4.69, 9.17) is 5.73 Å². The van der Waals surface area contributed by atoms with E-state index in [0.29, 0.717) is 0 Å². The Kier molecular flexibility index (Phi) is 3.99. The minimum absolute atomic E-state index is 0.938. The lowest BCUT2D eigenvalue weighted by Crippen LogP contribution is -2.01. The summed E-state index contributed by atoms with van der Waals surface area (Å²) in [5.74, 6) is 0. The second-order valence-corrected chi connectivity index (χ2v) is 3.92. The van der Waals surface area contributed by atoms with Gasteiger partial charge in [-0.2, -0.15) is 0 Å². The Balaban J connectivity index is 3.08. The molecule has 0 bridgehead atoms. The monoisotopic (exact) mass is 191 g/mol. The topological polar surface area (TPSA) is 26.0 Å². The normalized spacial score (nSPS) is 10.5. The third kappa shape index (κ3) is 2.28. The average Bonchev–Trinajstić information content (AvgIpc) is 2.18. The van der Waals surface area contributed by atoms with Crippen LogP contribution in [0.4, 0.5) is 5.69 Å². The van der Waals surface area contributed by atoms with Crippen molar-refractivity contribution in [2.75, 3.05) is 5.73 Å². The molecule has 0 radical (unpaired) electrons. The molecule has 1 aromatic rings. The Hall–Kier alpha value is -0.980. The van der Waals surface area contributed by atoms with Crippen molar-refractivity contribution in [1.29, 1.82) is 0 Å². The van der Waals surface area contributed by atoms with Gasteiger partial charge in [0.05, 0.1) is 0 Å². The highest BCUT2D eigenvalue weighted by molar-refractivity contribution is 5.53. The lowest BCUT2D eigenvalue weighted by Gasteiger charge is -2.13. The van der Waals surface area contributed by atoms with Crippen LogP contribution in [0.15, 0.2) is 12.1 Å². The summed E-state index contributed by atoms with van der Waals surface area (Å²) in [5, 5.41) is 0. The van der Waals surface area contributed by atoms with Crippen molar-refractivity contribution >= 4 is 5.69 Å². The molecular weight excluding hydrogens is 170 g/mol. The zero-order chi connectivity index (χ0) is 10.6. The van der Waals surface area contributed by atoms with Crippen LogP contribution in [0.25, 0.3) is 0 Å². The zero-order valence-electron chi connectivity index (χ0n) is 9.56. The molecule has 0 spiro atoms. The highest BCUT2D eigenvalue weighted by atomic mass is 14.6. The molecular formula is C13H21N. The first-order chi connectivity index (χ1) is 6.70. The van der Waals surface area contributed by atoms with E-state index < -0.39 is 0 Å². The first-order valence-corrected chi connectivity index (χ1v) is 5.57. The Morgan fingerprint density at radius 1 is 1.07 bits per heavy atom. The van der Waals surface area contributed by atoms with Crippen LogP contribution in [0.2, 0.25) is 0 Å². The Morgan fingerprint density at radius 3 is 2.29 bits per heavy atom. The third-order valence-corrected chi connectivity index (χ3v) is 2.76. The van der Waals surface area contributed by atoms with Crippen molar-refractivity contribution in [2.24, 2.45) is 0 Å². The van der Waals surface area contributed by atoms with Crippen LogP contribution in [-0.4, -0.2) is 0 Å². The van der Waals surface area contributed by atoms with Gasteiger partial charge >= 0.3 is 0 Å². The van der Waals surface area contributed by atoms with Crippen molar-refractivity contribution < 1.29 is 0 Å². The molecule has 0 aliphatic rings. The quantitative estimate of drug-likeness (QED) is 0.724. The third-order valence-electron chi connectivity index (χ3n) is 2.76. The maximum absolute atomic E-state index is 5.92. The molecule has 1 heteroatoms. The van der Waals surface area contributed by atoms with Crippen molar-refractivity contribution in [3.8, 4) is 0 Å². The number of nitrogens with two attached hydrogens (primary N) is 1. The van der Waals surface area contributed by atoms with Crippen LogP contribution in [0.3, 0.4) is 0 Å². The number of anilines is 1. The number of rotatable bonds is 4. The van der Waals surface area contributed by atoms with Crippen LogP contribution in [-0.2, 0) is 12.8 Å². The second kappa shape index (κ2) is 5.04. The molecule has 0 aliphatic carbocycles. The smallest absolute Gasteiger partial charge is 0.0346 e. The summed E-state index contributed by atoms with van der Waals surface area (Å²) >= 11 is 0. The standard InChI is InChI=1S/C13H21N/c1-4-6-11-8-9-13(14)10(3)12(11)7-5-2/h8-9H,4-7,14H2,1-3H3. The van der Waals surface area contributed by atoms with Gasteiger partial charge in [0, 0.05) is 5.69 Å². The van der Waals surface area contributed by atoms with Crippen molar-refractivity contribution in [1.82, 2.24) is 0 Å². The van der Waals surface area contributed by atoms with Gasteiger partial charge < -0.3 is 5.73 Å². The van der Waals surface area contributed by atoms with Crippen molar-refractivity contribution in [2.45, 2.75) is 46.5 Å². The summed E-state index contributed by atoms with van der Waals surface area (Å²) in [7, 11) is 0. The molecule has 1 rings (SSSR count). The predicted octanol–water partition coefficient (Wildman–Crippen LogP) is 3.48. The fourth-order valence-corrected chi connectivity index (χ4v) is 1.93. The molecule has 1 aromatic carbocycles. The van der Waals surface area contributed by atoms with Gasteiger partial charge in [-0.15, -0.1) is 0 Å². The van der Waals surface area contributed by atoms with E-state index >= 15 is 0 Å². The average molecular weight is 191 g/mol. The first-order valence-electron chi connectivity index (χ1n) is 5.57. The fraction of sp³-hybridized carbons (Fsp3) is 0.538. The van der Waals surface area contributed by atoms with Gasteiger partial charge in [-0.3, -0.25) is 0 Å². The molecule has 2 N–H and O–H groups in total. The molecule has 0 aliphatic heterocycles. The van der Waals surface area contributed by atoms with E-state index in [-0.39, 0.29) is 0 Å². The molecule has 0 amide bonds. The second-order valence-electron chi connectivity index (χ2n) is 3.92. The molecule has 0 aromatic heterocycles. The van der Waals surface area contributed by atoms with E-state index in [2.05, 4.69) is 26.8 Å². The van der Waals surface area contributed by atoms with Gasteiger partial charge in [0.2, 0.25) is 0 Å². The highest BCUT2D eigenvalue weighted by Crippen LogP contribution is 2.22. The summed E-state index contributed by atoms with van der Waals surface area (Å²) in [6, 6.07) is 4.23. The van der Waals surface area contributed by atoms with Crippen LogP contribution in [0, 0.1) is 6.92 Å². The van der Waals surface area contributed by atoms with E-state index in [1.807, 2.05) is 6.07 Å². The van der Waals surface area contributed by atoms with Gasteiger partial charge in [0.25, 0.3) is 0 Å². The van der Waals surface area contributed by atoms with E-state index in [0.717, 1.165) is 12.1 Å². The Morgan fingerprint density at radius 2 is 1.71 bits per heavy atom. The fourth-order valence-electron chi connectivity index (χ4n) is 1.93. The summed E-state index contributed by atoms with van der Waals surface area (Å²) in [5.41, 5.74) is 11.1. The lowest BCUT2D eigenvalue weighted by molar-refractivity contribution is 0.855. The Labute approximate surface area is 87.3 Å². The van der Waals surface area contributed by atoms with E-state index in [1.165, 1.54) is 36.0 Å². The summed E-state index contributed by atoms with van der Waals surface area (Å²) in [6.07, 6.45) is 4.74. The predicted molar refractivity (Wildman–Crippen MR) is 63.6 cm³/mol.